The van der Waals surface area contributed by atoms with Gasteiger partial charge in [-0.15, -0.1) is 11.3 Å². The Hall–Kier alpha value is -2.62. The van der Waals surface area contributed by atoms with Gasteiger partial charge in [-0.1, -0.05) is 17.7 Å². The Morgan fingerprint density at radius 1 is 1.16 bits per heavy atom. The molecule has 2 aromatic carbocycles. The molecule has 1 fully saturated rings. The molecule has 7 nitrogen and oxygen atoms in total. The summed E-state index contributed by atoms with van der Waals surface area (Å²) in [5.74, 6) is -0.480. The maximum absolute atomic E-state index is 13.1. The van der Waals surface area contributed by atoms with E-state index in [-0.39, 0.29) is 22.2 Å². The Labute approximate surface area is 226 Å². The third-order valence-corrected chi connectivity index (χ3v) is 9.54. The van der Waals surface area contributed by atoms with Gasteiger partial charge in [-0.2, -0.15) is 0 Å². The van der Waals surface area contributed by atoms with Gasteiger partial charge < -0.3 is 9.64 Å². The quantitative estimate of drug-likeness (QED) is 0.388. The SMILES string of the molecule is CC(C)(C)OC(=O)C1CC2(CCN(c3ccc(S(=O)(=O)Nc4nccs4)cc3)CC2)c2cc(Cl)ccc21. The molecule has 5 rings (SSSR count). The maximum Gasteiger partial charge on any atom is 0.313 e. The molecule has 0 bridgehead atoms. The molecule has 1 saturated heterocycles. The fourth-order valence-electron chi connectivity index (χ4n) is 5.44. The smallest absolute Gasteiger partial charge is 0.313 e. The topological polar surface area (TPSA) is 88.6 Å². The lowest BCUT2D eigenvalue weighted by molar-refractivity contribution is -0.157. The largest absolute Gasteiger partial charge is 0.459 e. The van der Waals surface area contributed by atoms with Crippen molar-refractivity contribution in [3.63, 3.8) is 0 Å². The summed E-state index contributed by atoms with van der Waals surface area (Å²) in [6.07, 6.45) is 4.00. The van der Waals surface area contributed by atoms with Crippen LogP contribution in [0.2, 0.25) is 5.02 Å². The van der Waals surface area contributed by atoms with Crippen LogP contribution in [-0.4, -0.2) is 38.1 Å². The molecule has 0 amide bonds. The van der Waals surface area contributed by atoms with Crippen LogP contribution in [0.4, 0.5) is 10.8 Å². The van der Waals surface area contributed by atoms with Gasteiger partial charge in [0, 0.05) is 40.8 Å². The number of carbonyl (C=O) groups excluding carboxylic acids is 1. The maximum atomic E-state index is 13.1. The Bertz CT molecular complexity index is 1390. The molecule has 1 unspecified atom stereocenters. The number of benzene rings is 2. The summed E-state index contributed by atoms with van der Waals surface area (Å²) in [7, 11) is -3.69. The summed E-state index contributed by atoms with van der Waals surface area (Å²) in [4.78, 5) is 19.6. The second-order valence-corrected chi connectivity index (χ2v) is 13.7. The fraction of sp³-hybridized carbons (Fsp3) is 0.407. The van der Waals surface area contributed by atoms with Crippen molar-refractivity contribution < 1.29 is 17.9 Å². The zero-order valence-electron chi connectivity index (χ0n) is 21.0. The third kappa shape index (κ3) is 5.35. The van der Waals surface area contributed by atoms with Crippen molar-refractivity contribution in [3.05, 3.63) is 70.2 Å². The average Bonchev–Trinajstić information content (AvgIpc) is 3.45. The molecule has 37 heavy (non-hydrogen) atoms. The Morgan fingerprint density at radius 3 is 2.49 bits per heavy atom. The zero-order chi connectivity index (χ0) is 26.4. The summed E-state index contributed by atoms with van der Waals surface area (Å²) < 4.78 is 33.6. The van der Waals surface area contributed by atoms with Gasteiger partial charge in [-0.3, -0.25) is 9.52 Å². The van der Waals surface area contributed by atoms with E-state index in [1.54, 1.807) is 23.7 Å². The fourth-order valence-corrected chi connectivity index (χ4v) is 7.40. The van der Waals surface area contributed by atoms with Crippen LogP contribution in [-0.2, 0) is 25.0 Å². The molecular weight excluding hydrogens is 530 g/mol. The molecule has 0 saturated carbocycles. The second kappa shape index (κ2) is 9.60. The van der Waals surface area contributed by atoms with Crippen molar-refractivity contribution in [1.82, 2.24) is 4.98 Å². The van der Waals surface area contributed by atoms with Gasteiger partial charge in [0.15, 0.2) is 5.13 Å². The van der Waals surface area contributed by atoms with E-state index in [1.165, 1.54) is 11.3 Å². The van der Waals surface area contributed by atoms with Gasteiger partial charge in [-0.25, -0.2) is 13.4 Å². The molecule has 1 N–H and O–H groups in total. The van der Waals surface area contributed by atoms with Gasteiger partial charge in [0.1, 0.15) is 5.60 Å². The van der Waals surface area contributed by atoms with Gasteiger partial charge in [0.25, 0.3) is 10.0 Å². The van der Waals surface area contributed by atoms with Crippen LogP contribution in [0.1, 0.15) is 57.1 Å². The first-order chi connectivity index (χ1) is 17.5. The Morgan fingerprint density at radius 2 is 1.86 bits per heavy atom. The lowest BCUT2D eigenvalue weighted by Crippen LogP contribution is -2.42. The van der Waals surface area contributed by atoms with Gasteiger partial charge in [0.05, 0.1) is 10.8 Å². The number of nitrogens with zero attached hydrogens (tertiary/aromatic N) is 2. The molecule has 1 aliphatic carbocycles. The third-order valence-electron chi connectivity index (χ3n) is 7.13. The first-order valence-corrected chi connectivity index (χ1v) is 15.0. The van der Waals surface area contributed by atoms with Crippen molar-refractivity contribution in [2.24, 2.45) is 0 Å². The number of nitrogens with one attached hydrogen (secondary N) is 1. The second-order valence-electron chi connectivity index (χ2n) is 10.7. The van der Waals surface area contributed by atoms with Crippen molar-refractivity contribution in [2.75, 3.05) is 22.7 Å². The minimum Gasteiger partial charge on any atom is -0.459 e. The molecule has 2 aliphatic rings. The molecule has 1 spiro atoms. The summed E-state index contributed by atoms with van der Waals surface area (Å²) in [6.45, 7) is 7.25. The van der Waals surface area contributed by atoms with E-state index in [9.17, 15) is 13.2 Å². The number of carbonyl (C=O) groups is 1. The van der Waals surface area contributed by atoms with Crippen LogP contribution in [0.25, 0.3) is 0 Å². The van der Waals surface area contributed by atoms with E-state index < -0.39 is 15.6 Å². The molecule has 196 valence electrons. The number of ether oxygens (including phenoxy) is 1. The molecule has 10 heteroatoms. The van der Waals surface area contributed by atoms with Crippen LogP contribution in [0, 0.1) is 0 Å². The number of piperidine rings is 1. The monoisotopic (exact) mass is 559 g/mol. The number of anilines is 2. The van der Waals surface area contributed by atoms with Crippen molar-refractivity contribution in [3.8, 4) is 0 Å². The van der Waals surface area contributed by atoms with Crippen LogP contribution in [0.15, 0.2) is 58.9 Å². The number of sulfonamides is 1. The molecule has 2 heterocycles. The van der Waals surface area contributed by atoms with E-state index in [2.05, 4.69) is 14.6 Å². The Kier molecular flexibility index (Phi) is 6.75. The number of halogens is 1. The summed E-state index contributed by atoms with van der Waals surface area (Å²) >= 11 is 7.63. The Balaban J connectivity index is 1.31. The molecule has 1 atom stereocenters. The van der Waals surface area contributed by atoms with Crippen LogP contribution in [0.3, 0.4) is 0 Å². The van der Waals surface area contributed by atoms with Crippen molar-refractivity contribution in [2.45, 2.75) is 61.9 Å². The molecule has 1 aromatic heterocycles. The molecule has 0 radical (unpaired) electrons. The number of hydrogen-bond donors (Lipinski definition) is 1. The molecular formula is C27H30ClN3O4S2. The predicted molar refractivity (Wildman–Crippen MR) is 147 cm³/mol. The van der Waals surface area contributed by atoms with E-state index >= 15 is 0 Å². The van der Waals surface area contributed by atoms with Crippen molar-refractivity contribution >= 4 is 49.7 Å². The minimum absolute atomic E-state index is 0.140. The molecule has 1 aliphatic heterocycles. The highest BCUT2D eigenvalue weighted by Gasteiger charge is 2.48. The van der Waals surface area contributed by atoms with E-state index in [0.717, 1.165) is 42.7 Å². The van der Waals surface area contributed by atoms with Crippen molar-refractivity contribution in [1.29, 1.82) is 0 Å². The normalized spacial score (nSPS) is 19.0. The number of aromatic nitrogens is 1. The lowest BCUT2D eigenvalue weighted by Gasteiger charge is -2.41. The number of thiazole rings is 1. The predicted octanol–water partition coefficient (Wildman–Crippen LogP) is 5.96. The minimum atomic E-state index is -3.69. The van der Waals surface area contributed by atoms with Crippen LogP contribution in [0.5, 0.6) is 0 Å². The van der Waals surface area contributed by atoms with E-state index in [1.807, 2.05) is 51.1 Å². The van der Waals surface area contributed by atoms with Gasteiger partial charge in [0.2, 0.25) is 0 Å². The van der Waals surface area contributed by atoms with E-state index in [4.69, 9.17) is 16.3 Å². The number of fused-ring (bicyclic) bond motifs is 2. The molecule has 3 aromatic rings. The highest BCUT2D eigenvalue weighted by molar-refractivity contribution is 7.93. The summed E-state index contributed by atoms with van der Waals surface area (Å²) in [6, 6.07) is 12.8. The average molecular weight is 560 g/mol. The number of hydrogen-bond acceptors (Lipinski definition) is 7. The first-order valence-electron chi connectivity index (χ1n) is 12.3. The van der Waals surface area contributed by atoms with E-state index in [0.29, 0.717) is 16.6 Å². The number of esters is 1. The van der Waals surface area contributed by atoms with Crippen LogP contribution >= 0.6 is 22.9 Å². The van der Waals surface area contributed by atoms with Crippen LogP contribution < -0.4 is 9.62 Å². The standard InChI is InChI=1S/C27H30ClN3O4S2/c1-26(2,3)35-24(32)22-17-27(23-16-18(28)4-9-21(22)23)10-13-31(14-11-27)19-5-7-20(8-6-19)37(33,34)30-25-29-12-15-36-25/h4-9,12,15-16,22H,10-11,13-14,17H2,1-3H3,(H,29,30). The van der Waals surface area contributed by atoms with Gasteiger partial charge >= 0.3 is 5.97 Å². The van der Waals surface area contributed by atoms with Gasteiger partial charge in [-0.05, 0) is 87.6 Å². The highest BCUT2D eigenvalue weighted by atomic mass is 35.5. The summed E-state index contributed by atoms with van der Waals surface area (Å²) in [5, 5.41) is 2.73. The summed E-state index contributed by atoms with van der Waals surface area (Å²) in [5.41, 5.74) is 2.47. The first kappa shape index (κ1) is 26.0. The highest BCUT2D eigenvalue weighted by Crippen LogP contribution is 2.53. The number of rotatable bonds is 5. The zero-order valence-corrected chi connectivity index (χ0v) is 23.4. The lowest BCUT2D eigenvalue weighted by atomic mass is 9.73.